The molecule has 0 saturated heterocycles. The van der Waals surface area contributed by atoms with Crippen molar-refractivity contribution in [2.45, 2.75) is 34.6 Å². The van der Waals surface area contributed by atoms with Crippen molar-refractivity contribution in [3.63, 3.8) is 0 Å². The second-order valence-electron chi connectivity index (χ2n) is 4.04. The van der Waals surface area contributed by atoms with Crippen molar-refractivity contribution in [1.29, 1.82) is 0 Å². The quantitative estimate of drug-likeness (QED) is 0.810. The van der Waals surface area contributed by atoms with E-state index in [1.165, 1.54) is 6.92 Å². The number of hydrogen-bond acceptors (Lipinski definition) is 2. The van der Waals surface area contributed by atoms with E-state index in [9.17, 15) is 4.79 Å². The molecule has 1 N–H and O–H groups in total. The van der Waals surface area contributed by atoms with Gasteiger partial charge in [-0.2, -0.15) is 0 Å². The van der Waals surface area contributed by atoms with Crippen LogP contribution in [0, 0.1) is 13.8 Å². The van der Waals surface area contributed by atoms with Crippen LogP contribution >= 0.6 is 0 Å². The molecule has 0 spiro atoms. The van der Waals surface area contributed by atoms with Crippen LogP contribution in [0.5, 0.6) is 5.75 Å². The summed E-state index contributed by atoms with van der Waals surface area (Å²) >= 11 is 0. The molecule has 0 heterocycles. The van der Waals surface area contributed by atoms with Gasteiger partial charge in [0.1, 0.15) is 5.75 Å². The lowest BCUT2D eigenvalue weighted by atomic mass is 10.1. The maximum Gasteiger partial charge on any atom is 0.221 e. The molecular formula is C14H19NO2. The van der Waals surface area contributed by atoms with Crippen LogP contribution in [-0.4, -0.2) is 5.91 Å². The molecule has 0 aliphatic heterocycles. The molecule has 1 aromatic rings. The number of amides is 1. The highest BCUT2D eigenvalue weighted by atomic mass is 16.5. The Morgan fingerprint density at radius 3 is 2.41 bits per heavy atom. The summed E-state index contributed by atoms with van der Waals surface area (Å²) in [4.78, 5) is 11.0. The first-order valence-electron chi connectivity index (χ1n) is 5.64. The summed E-state index contributed by atoms with van der Waals surface area (Å²) in [5.41, 5.74) is 2.90. The predicted octanol–water partition coefficient (Wildman–Crippen LogP) is 3.56. The second-order valence-corrected chi connectivity index (χ2v) is 4.04. The van der Waals surface area contributed by atoms with Crippen LogP contribution in [0.25, 0.3) is 0 Å². The van der Waals surface area contributed by atoms with Crippen molar-refractivity contribution in [1.82, 2.24) is 0 Å². The highest BCUT2D eigenvalue weighted by Crippen LogP contribution is 2.28. The average Bonchev–Trinajstić information content (AvgIpc) is 2.28. The molecule has 0 aliphatic rings. The van der Waals surface area contributed by atoms with Gasteiger partial charge in [0.05, 0.1) is 5.76 Å². The summed E-state index contributed by atoms with van der Waals surface area (Å²) < 4.78 is 5.68. The molecule has 0 atom stereocenters. The first-order valence-corrected chi connectivity index (χ1v) is 5.64. The monoisotopic (exact) mass is 233 g/mol. The third kappa shape index (κ3) is 3.34. The molecule has 0 aliphatic carbocycles. The molecule has 0 bridgehead atoms. The Bertz CT molecular complexity index is 462. The van der Waals surface area contributed by atoms with Gasteiger partial charge in [-0.1, -0.05) is 0 Å². The zero-order chi connectivity index (χ0) is 13.0. The molecule has 0 radical (unpaired) electrons. The number of ether oxygens (including phenoxy) is 1. The number of carbonyl (C=O) groups excluding carboxylic acids is 1. The molecule has 3 heteroatoms. The largest absolute Gasteiger partial charge is 0.462 e. The maximum absolute atomic E-state index is 11.0. The van der Waals surface area contributed by atoms with Crippen LogP contribution in [0.3, 0.4) is 0 Å². The Morgan fingerprint density at radius 1 is 1.24 bits per heavy atom. The zero-order valence-corrected chi connectivity index (χ0v) is 11.0. The molecule has 1 amide bonds. The van der Waals surface area contributed by atoms with Crippen LogP contribution in [0.4, 0.5) is 5.69 Å². The Kier molecular flexibility index (Phi) is 4.32. The summed E-state index contributed by atoms with van der Waals surface area (Å²) in [5.74, 6) is 1.62. The number of rotatable bonds is 3. The van der Waals surface area contributed by atoms with Crippen molar-refractivity contribution in [2.24, 2.45) is 0 Å². The molecular weight excluding hydrogens is 214 g/mol. The first-order chi connectivity index (χ1) is 7.95. The summed E-state index contributed by atoms with van der Waals surface area (Å²) in [6.07, 6.45) is 1.91. The molecule has 0 fully saturated rings. The standard InChI is InChI=1S/C14H19NO2/c1-6-9(2)17-14-8-7-13(15-12(5)16)10(3)11(14)4/h6-8H,1-5H3,(H,15,16). The minimum Gasteiger partial charge on any atom is -0.462 e. The molecule has 1 aromatic carbocycles. The number of allylic oxidation sites excluding steroid dienone is 2. The second kappa shape index (κ2) is 5.53. The fourth-order valence-corrected chi connectivity index (χ4v) is 1.46. The Hall–Kier alpha value is -1.77. The molecule has 17 heavy (non-hydrogen) atoms. The molecule has 3 nitrogen and oxygen atoms in total. The van der Waals surface area contributed by atoms with E-state index in [0.717, 1.165) is 28.3 Å². The van der Waals surface area contributed by atoms with Gasteiger partial charge in [0, 0.05) is 12.6 Å². The number of benzene rings is 1. The third-order valence-electron chi connectivity index (χ3n) is 2.73. The van der Waals surface area contributed by atoms with Gasteiger partial charge in [0.15, 0.2) is 0 Å². The van der Waals surface area contributed by atoms with Gasteiger partial charge in [-0.25, -0.2) is 0 Å². The molecule has 0 saturated carbocycles. The average molecular weight is 233 g/mol. The molecule has 0 aromatic heterocycles. The number of anilines is 1. The summed E-state index contributed by atoms with van der Waals surface area (Å²) in [5, 5.41) is 2.80. The lowest BCUT2D eigenvalue weighted by Gasteiger charge is -2.14. The minimum atomic E-state index is -0.0641. The topological polar surface area (TPSA) is 38.3 Å². The molecule has 0 unspecified atom stereocenters. The van der Waals surface area contributed by atoms with Crippen LogP contribution in [-0.2, 0) is 4.79 Å². The van der Waals surface area contributed by atoms with E-state index >= 15 is 0 Å². The summed E-state index contributed by atoms with van der Waals surface area (Å²) in [6.45, 7) is 9.31. The lowest BCUT2D eigenvalue weighted by molar-refractivity contribution is -0.114. The van der Waals surface area contributed by atoms with Gasteiger partial charge in [0.25, 0.3) is 0 Å². The van der Waals surface area contributed by atoms with Crippen LogP contribution in [0.2, 0.25) is 0 Å². The first kappa shape index (κ1) is 13.3. The number of hydrogen-bond donors (Lipinski definition) is 1. The van der Waals surface area contributed by atoms with Crippen molar-refractivity contribution in [3.8, 4) is 5.75 Å². The van der Waals surface area contributed by atoms with E-state index in [1.807, 2.05) is 45.9 Å². The van der Waals surface area contributed by atoms with Gasteiger partial charge in [-0.3, -0.25) is 4.79 Å². The number of nitrogens with one attached hydrogen (secondary N) is 1. The Morgan fingerprint density at radius 2 is 1.88 bits per heavy atom. The molecule has 92 valence electrons. The third-order valence-corrected chi connectivity index (χ3v) is 2.73. The van der Waals surface area contributed by atoms with Crippen molar-refractivity contribution in [3.05, 3.63) is 35.1 Å². The lowest BCUT2D eigenvalue weighted by Crippen LogP contribution is -2.08. The molecule has 1 rings (SSSR count). The normalized spacial score (nSPS) is 11.2. The summed E-state index contributed by atoms with van der Waals surface area (Å²) in [7, 11) is 0. The van der Waals surface area contributed by atoms with Gasteiger partial charge in [-0.05, 0) is 57.0 Å². The maximum atomic E-state index is 11.0. The van der Waals surface area contributed by atoms with E-state index in [4.69, 9.17) is 4.74 Å². The van der Waals surface area contributed by atoms with Crippen molar-refractivity contribution >= 4 is 11.6 Å². The smallest absolute Gasteiger partial charge is 0.221 e. The van der Waals surface area contributed by atoms with E-state index in [0.29, 0.717) is 0 Å². The Labute approximate surface area is 102 Å². The van der Waals surface area contributed by atoms with Crippen LogP contribution < -0.4 is 10.1 Å². The predicted molar refractivity (Wildman–Crippen MR) is 70.3 cm³/mol. The van der Waals surface area contributed by atoms with Gasteiger partial charge >= 0.3 is 0 Å². The van der Waals surface area contributed by atoms with Gasteiger partial charge < -0.3 is 10.1 Å². The Balaban J connectivity index is 3.06. The van der Waals surface area contributed by atoms with E-state index < -0.39 is 0 Å². The highest BCUT2D eigenvalue weighted by Gasteiger charge is 2.08. The van der Waals surface area contributed by atoms with Crippen LogP contribution in [0.15, 0.2) is 24.0 Å². The fourth-order valence-electron chi connectivity index (χ4n) is 1.46. The summed E-state index contributed by atoms with van der Waals surface area (Å²) in [6, 6.07) is 3.74. The van der Waals surface area contributed by atoms with Crippen molar-refractivity contribution in [2.75, 3.05) is 5.32 Å². The van der Waals surface area contributed by atoms with E-state index in [2.05, 4.69) is 5.32 Å². The fraction of sp³-hybridized carbons (Fsp3) is 0.357. The van der Waals surface area contributed by atoms with Gasteiger partial charge in [-0.15, -0.1) is 0 Å². The minimum absolute atomic E-state index is 0.0641. The van der Waals surface area contributed by atoms with Crippen LogP contribution in [0.1, 0.15) is 31.9 Å². The van der Waals surface area contributed by atoms with Gasteiger partial charge in [0.2, 0.25) is 5.91 Å². The zero-order valence-electron chi connectivity index (χ0n) is 11.0. The highest BCUT2D eigenvalue weighted by molar-refractivity contribution is 5.89. The number of carbonyl (C=O) groups is 1. The van der Waals surface area contributed by atoms with Crippen molar-refractivity contribution < 1.29 is 9.53 Å². The SMILES string of the molecule is CC=C(C)Oc1ccc(NC(C)=O)c(C)c1C. The van der Waals surface area contributed by atoms with E-state index in [-0.39, 0.29) is 5.91 Å². The van der Waals surface area contributed by atoms with E-state index in [1.54, 1.807) is 0 Å².